The van der Waals surface area contributed by atoms with Gasteiger partial charge in [0, 0.05) is 6.54 Å². The van der Waals surface area contributed by atoms with E-state index in [4.69, 9.17) is 5.73 Å². The number of rotatable bonds is 5. The molecule has 0 amide bonds. The number of nitrogens with two attached hydrogens (primary N) is 1. The van der Waals surface area contributed by atoms with E-state index in [0.29, 0.717) is 5.56 Å². The average Bonchev–Trinajstić information content (AvgIpc) is 2.41. The van der Waals surface area contributed by atoms with Crippen LogP contribution in [0.2, 0.25) is 0 Å². The van der Waals surface area contributed by atoms with Crippen LogP contribution in [0, 0.1) is 5.82 Å². The maximum Gasteiger partial charge on any atom is 0.242 e. The summed E-state index contributed by atoms with van der Waals surface area (Å²) in [6, 6.07) is 12.5. The van der Waals surface area contributed by atoms with Gasteiger partial charge in [-0.15, -0.1) is 0 Å². The molecule has 0 fully saturated rings. The molecule has 0 atom stereocenters. The fourth-order valence-electron chi connectivity index (χ4n) is 1.82. The van der Waals surface area contributed by atoms with Gasteiger partial charge in [0.15, 0.2) is 0 Å². The van der Waals surface area contributed by atoms with E-state index in [-0.39, 0.29) is 29.4 Å². The molecule has 0 aliphatic rings. The first-order valence-electron chi connectivity index (χ1n) is 6.08. The Morgan fingerprint density at radius 2 is 1.70 bits per heavy atom. The molecule has 0 saturated heterocycles. The minimum absolute atomic E-state index is 0.0357. The predicted octanol–water partition coefficient (Wildman–Crippen LogP) is 1.93. The summed E-state index contributed by atoms with van der Waals surface area (Å²) in [5.41, 5.74) is 6.29. The second-order valence-electron chi connectivity index (χ2n) is 4.28. The summed E-state index contributed by atoms with van der Waals surface area (Å²) in [6.45, 7) is 0.109. The summed E-state index contributed by atoms with van der Waals surface area (Å²) in [5, 5.41) is 0. The van der Waals surface area contributed by atoms with Gasteiger partial charge in [-0.1, -0.05) is 30.3 Å². The van der Waals surface area contributed by atoms with Gasteiger partial charge in [-0.2, -0.15) is 0 Å². The van der Waals surface area contributed by atoms with E-state index in [1.54, 1.807) is 30.3 Å². The van der Waals surface area contributed by atoms with Crippen LogP contribution in [0.3, 0.4) is 0 Å². The molecule has 3 N–H and O–H groups in total. The number of hydrogen-bond donors (Lipinski definition) is 2. The first-order valence-corrected chi connectivity index (χ1v) is 7.56. The lowest BCUT2D eigenvalue weighted by molar-refractivity contribution is 0.578. The number of benzene rings is 2. The molecule has 2 aromatic rings. The zero-order valence-electron chi connectivity index (χ0n) is 10.7. The molecule has 0 aromatic heterocycles. The Balaban J connectivity index is 2.04. The van der Waals surface area contributed by atoms with Crippen molar-refractivity contribution in [3.8, 4) is 0 Å². The molecule has 6 heteroatoms. The molecule has 0 radical (unpaired) electrons. The van der Waals surface area contributed by atoms with E-state index >= 15 is 0 Å². The lowest BCUT2D eigenvalue weighted by Crippen LogP contribution is -2.26. The molecule has 106 valence electrons. The Labute approximate surface area is 117 Å². The van der Waals surface area contributed by atoms with Gasteiger partial charge in [0.1, 0.15) is 10.7 Å². The zero-order chi connectivity index (χ0) is 14.6. The normalized spacial score (nSPS) is 11.4. The highest BCUT2D eigenvalue weighted by Gasteiger charge is 2.16. The number of sulfonamides is 1. The topological polar surface area (TPSA) is 72.2 Å². The van der Waals surface area contributed by atoms with E-state index in [9.17, 15) is 12.8 Å². The third kappa shape index (κ3) is 3.34. The smallest absolute Gasteiger partial charge is 0.242 e. The van der Waals surface area contributed by atoms with E-state index in [2.05, 4.69) is 4.72 Å². The fourth-order valence-corrected chi connectivity index (χ4v) is 2.99. The molecule has 2 aromatic carbocycles. The summed E-state index contributed by atoms with van der Waals surface area (Å²) < 4.78 is 39.9. The molecular weight excluding hydrogens is 279 g/mol. The Kier molecular flexibility index (Phi) is 4.36. The van der Waals surface area contributed by atoms with Gasteiger partial charge in [-0.05, 0) is 30.2 Å². The molecule has 0 aliphatic heterocycles. The van der Waals surface area contributed by atoms with Crippen molar-refractivity contribution in [3.63, 3.8) is 0 Å². The van der Waals surface area contributed by atoms with Crippen molar-refractivity contribution in [2.75, 3.05) is 12.3 Å². The van der Waals surface area contributed by atoms with Crippen LogP contribution < -0.4 is 10.5 Å². The molecule has 0 unspecified atom stereocenters. The van der Waals surface area contributed by atoms with E-state index < -0.39 is 10.0 Å². The first-order chi connectivity index (χ1) is 9.50. The highest BCUT2D eigenvalue weighted by molar-refractivity contribution is 7.89. The second kappa shape index (κ2) is 6.02. The van der Waals surface area contributed by atoms with Gasteiger partial charge in [0.2, 0.25) is 10.0 Å². The highest BCUT2D eigenvalue weighted by atomic mass is 32.2. The van der Waals surface area contributed by atoms with Crippen molar-refractivity contribution in [2.24, 2.45) is 0 Å². The van der Waals surface area contributed by atoms with Crippen LogP contribution in [0.4, 0.5) is 10.1 Å². The highest BCUT2D eigenvalue weighted by Crippen LogP contribution is 2.16. The second-order valence-corrected chi connectivity index (χ2v) is 6.01. The largest absolute Gasteiger partial charge is 0.398 e. The van der Waals surface area contributed by atoms with Gasteiger partial charge in [-0.3, -0.25) is 0 Å². The van der Waals surface area contributed by atoms with Crippen molar-refractivity contribution >= 4 is 15.7 Å². The van der Waals surface area contributed by atoms with Crippen molar-refractivity contribution in [2.45, 2.75) is 11.3 Å². The molecule has 0 aliphatic carbocycles. The minimum atomic E-state index is -3.67. The minimum Gasteiger partial charge on any atom is -0.398 e. The molecule has 0 heterocycles. The van der Waals surface area contributed by atoms with Gasteiger partial charge in [0.25, 0.3) is 0 Å². The number of nitrogens with one attached hydrogen (secondary N) is 1. The van der Waals surface area contributed by atoms with Gasteiger partial charge >= 0.3 is 0 Å². The van der Waals surface area contributed by atoms with Crippen molar-refractivity contribution < 1.29 is 12.8 Å². The zero-order valence-corrected chi connectivity index (χ0v) is 11.5. The summed E-state index contributed by atoms with van der Waals surface area (Å²) in [4.78, 5) is 0.0357. The summed E-state index contributed by atoms with van der Waals surface area (Å²) in [6.07, 6.45) is 0.276. The SMILES string of the molecule is Nc1ccccc1S(=O)(=O)NCCc1ccccc1F. The lowest BCUT2D eigenvalue weighted by Gasteiger charge is -2.09. The van der Waals surface area contributed by atoms with E-state index in [1.807, 2.05) is 0 Å². The van der Waals surface area contributed by atoms with Crippen LogP contribution in [0.1, 0.15) is 5.56 Å². The quantitative estimate of drug-likeness (QED) is 0.828. The standard InChI is InChI=1S/C14H15FN2O2S/c15-12-6-2-1-5-11(12)9-10-17-20(18,19)14-8-4-3-7-13(14)16/h1-8,17H,9-10,16H2. The van der Waals surface area contributed by atoms with Crippen LogP contribution in [-0.4, -0.2) is 15.0 Å². The third-order valence-electron chi connectivity index (χ3n) is 2.85. The summed E-state index contributed by atoms with van der Waals surface area (Å²) in [5.74, 6) is -0.342. The number of nitrogen functional groups attached to an aromatic ring is 1. The molecule has 0 bridgehead atoms. The van der Waals surface area contributed by atoms with Crippen LogP contribution in [0.15, 0.2) is 53.4 Å². The van der Waals surface area contributed by atoms with Crippen LogP contribution in [0.5, 0.6) is 0 Å². The maximum atomic E-state index is 13.4. The molecule has 0 saturated carbocycles. The molecule has 20 heavy (non-hydrogen) atoms. The van der Waals surface area contributed by atoms with Gasteiger partial charge < -0.3 is 5.73 Å². The molecule has 4 nitrogen and oxygen atoms in total. The van der Waals surface area contributed by atoms with E-state index in [0.717, 1.165) is 0 Å². The molecular formula is C14H15FN2O2S. The summed E-state index contributed by atoms with van der Waals surface area (Å²) in [7, 11) is -3.67. The summed E-state index contributed by atoms with van der Waals surface area (Å²) >= 11 is 0. The maximum absolute atomic E-state index is 13.4. The Hall–Kier alpha value is -1.92. The number of anilines is 1. The van der Waals surface area contributed by atoms with Crippen molar-refractivity contribution in [1.29, 1.82) is 0 Å². The first kappa shape index (κ1) is 14.5. The van der Waals surface area contributed by atoms with Gasteiger partial charge in [0.05, 0.1) is 5.69 Å². The monoisotopic (exact) mass is 294 g/mol. The Bertz CT molecular complexity index is 702. The van der Waals surface area contributed by atoms with Gasteiger partial charge in [-0.25, -0.2) is 17.5 Å². The van der Waals surface area contributed by atoms with E-state index in [1.165, 1.54) is 18.2 Å². The lowest BCUT2D eigenvalue weighted by atomic mass is 10.1. The number of halogens is 1. The number of hydrogen-bond acceptors (Lipinski definition) is 3. The van der Waals surface area contributed by atoms with Crippen molar-refractivity contribution in [3.05, 3.63) is 59.9 Å². The van der Waals surface area contributed by atoms with Crippen molar-refractivity contribution in [1.82, 2.24) is 4.72 Å². The van der Waals surface area contributed by atoms with Crippen LogP contribution in [0.25, 0.3) is 0 Å². The third-order valence-corrected chi connectivity index (χ3v) is 4.39. The molecule has 0 spiro atoms. The Morgan fingerprint density at radius 3 is 2.40 bits per heavy atom. The predicted molar refractivity (Wildman–Crippen MR) is 76.1 cm³/mol. The van der Waals surface area contributed by atoms with Crippen LogP contribution in [-0.2, 0) is 16.4 Å². The number of para-hydroxylation sites is 1. The molecule has 2 rings (SSSR count). The Morgan fingerprint density at radius 1 is 1.05 bits per heavy atom. The average molecular weight is 294 g/mol. The van der Waals surface area contributed by atoms with Crippen LogP contribution >= 0.6 is 0 Å². The fraction of sp³-hybridized carbons (Fsp3) is 0.143.